The summed E-state index contributed by atoms with van der Waals surface area (Å²) in [5.41, 5.74) is -1.09. The maximum atomic E-state index is 13.1. The van der Waals surface area contributed by atoms with Crippen LogP contribution in [0.15, 0.2) is 60.7 Å². The van der Waals surface area contributed by atoms with Crippen molar-refractivity contribution >= 4 is 30.1 Å². The molecule has 0 aliphatic heterocycles. The summed E-state index contributed by atoms with van der Waals surface area (Å²) in [5.74, 6) is -7.70. The first-order valence-corrected chi connectivity index (χ1v) is 13.1. The van der Waals surface area contributed by atoms with Gasteiger partial charge in [-0.25, -0.2) is 9.59 Å². The van der Waals surface area contributed by atoms with Crippen LogP contribution < -0.4 is 0 Å². The van der Waals surface area contributed by atoms with Gasteiger partial charge in [0.1, 0.15) is 11.2 Å². The summed E-state index contributed by atoms with van der Waals surface area (Å²) in [6.07, 6.45) is 4.92. The summed E-state index contributed by atoms with van der Waals surface area (Å²) < 4.78 is 83.9. The van der Waals surface area contributed by atoms with Gasteiger partial charge in [-0.2, -0.15) is 41.3 Å². The molecule has 0 spiro atoms. The lowest BCUT2D eigenvalue weighted by Crippen LogP contribution is -2.22. The Hall–Kier alpha value is -5.43. The zero-order valence-electron chi connectivity index (χ0n) is 26.1. The molecule has 0 atom stereocenters. The van der Waals surface area contributed by atoms with Gasteiger partial charge < -0.3 is 14.6 Å². The highest BCUT2D eigenvalue weighted by Crippen LogP contribution is 2.11. The fourth-order valence-electron chi connectivity index (χ4n) is 2.47. The number of rotatable bonds is 5. The number of carboxylic acids is 1. The SMILES string of the molecule is CC(C)(C)OC(=O)/C=C/c1ccc(F)nc1F.Fc1cccc(F)n1.O=C(O)/C=C/c1ccc(F)nc1F.[CH+]=CC(=O)OC(C)(C)C. The first-order chi connectivity index (χ1) is 21.6. The second-order valence-electron chi connectivity index (χ2n) is 10.5. The molecule has 3 aromatic rings. The molecule has 3 heterocycles. The Kier molecular flexibility index (Phi) is 17.6. The van der Waals surface area contributed by atoms with Crippen LogP contribution in [0.25, 0.3) is 12.2 Å². The molecule has 0 aliphatic rings. The third-order valence-electron chi connectivity index (χ3n) is 4.12. The van der Waals surface area contributed by atoms with Crippen LogP contribution in [0.1, 0.15) is 52.7 Å². The second-order valence-corrected chi connectivity index (χ2v) is 10.5. The van der Waals surface area contributed by atoms with E-state index in [1.807, 2.05) is 0 Å². The van der Waals surface area contributed by atoms with Gasteiger partial charge in [0, 0.05) is 23.3 Å². The van der Waals surface area contributed by atoms with Crippen molar-refractivity contribution in [3.63, 3.8) is 0 Å². The molecule has 9 nitrogen and oxygen atoms in total. The van der Waals surface area contributed by atoms with Gasteiger partial charge in [0.15, 0.2) is 0 Å². The number of ether oxygens (including phenoxy) is 2. The van der Waals surface area contributed by atoms with Crippen LogP contribution in [-0.4, -0.2) is 49.2 Å². The zero-order chi connectivity index (χ0) is 36.4. The van der Waals surface area contributed by atoms with Crippen LogP contribution in [0.2, 0.25) is 0 Å². The summed E-state index contributed by atoms with van der Waals surface area (Å²) in [5, 5.41) is 8.22. The van der Waals surface area contributed by atoms with E-state index in [1.165, 1.54) is 18.2 Å². The fourth-order valence-corrected chi connectivity index (χ4v) is 2.47. The highest BCUT2D eigenvalue weighted by atomic mass is 19.2. The zero-order valence-corrected chi connectivity index (χ0v) is 26.1. The van der Waals surface area contributed by atoms with Gasteiger partial charge in [-0.05, 0) is 90.1 Å². The van der Waals surface area contributed by atoms with E-state index >= 15 is 0 Å². The van der Waals surface area contributed by atoms with Gasteiger partial charge >= 0.3 is 17.9 Å². The largest absolute Gasteiger partial charge is 0.484 e. The number of pyridine rings is 3. The Bertz CT molecular complexity index is 1550. The van der Waals surface area contributed by atoms with Crippen molar-refractivity contribution in [3.8, 4) is 0 Å². The number of esters is 2. The highest BCUT2D eigenvalue weighted by molar-refractivity contribution is 5.87. The Balaban J connectivity index is 0.000000628. The summed E-state index contributed by atoms with van der Waals surface area (Å²) in [7, 11) is 0. The number of aromatic nitrogens is 3. The third kappa shape index (κ3) is 21.8. The highest BCUT2D eigenvalue weighted by Gasteiger charge is 2.19. The lowest BCUT2D eigenvalue weighted by Gasteiger charge is -2.17. The van der Waals surface area contributed by atoms with Crippen LogP contribution in [0.4, 0.5) is 26.3 Å². The summed E-state index contributed by atoms with van der Waals surface area (Å²) in [6.45, 7) is 15.4. The Morgan fingerprint density at radius 2 is 1.02 bits per heavy atom. The van der Waals surface area contributed by atoms with Crippen LogP contribution in [-0.2, 0) is 23.9 Å². The molecule has 0 fully saturated rings. The predicted molar refractivity (Wildman–Crippen MR) is 159 cm³/mol. The number of carbonyl (C=O) groups is 3. The van der Waals surface area contributed by atoms with E-state index in [-0.39, 0.29) is 11.1 Å². The number of hydrogen-bond donors (Lipinski definition) is 1. The maximum absolute atomic E-state index is 13.1. The monoisotopic (exact) mass is 668 g/mol. The van der Waals surface area contributed by atoms with Crippen molar-refractivity contribution in [2.75, 3.05) is 0 Å². The van der Waals surface area contributed by atoms with E-state index in [0.29, 0.717) is 0 Å². The van der Waals surface area contributed by atoms with E-state index in [9.17, 15) is 40.7 Å². The number of nitrogens with zero attached hydrogens (tertiary/aromatic N) is 3. The number of carbonyl (C=O) groups excluding carboxylic acids is 2. The quantitative estimate of drug-likeness (QED) is 0.102. The molecule has 3 aromatic heterocycles. The molecular formula is C32H32F6N3O6+. The molecule has 0 radical (unpaired) electrons. The molecule has 47 heavy (non-hydrogen) atoms. The molecule has 15 heteroatoms. The average molecular weight is 669 g/mol. The van der Waals surface area contributed by atoms with Crippen molar-refractivity contribution < 1.29 is 55.3 Å². The van der Waals surface area contributed by atoms with E-state index in [4.69, 9.17) is 21.2 Å². The summed E-state index contributed by atoms with van der Waals surface area (Å²) in [6, 6.07) is 7.70. The standard InChI is InChI=1S/C12H13F2NO2.C8H5F2NO2.C7H11O2.C5H3F2N/c1-12(2,3)17-10(16)7-5-8-4-6-9(13)15-11(8)14;9-6-3-1-5(8(10)11-6)2-4-7(12)13;1-5-6(8)9-7(2,3)4;6-4-2-1-3-5(7)8-4/h4-7H,1-3H3;1-4H,(H,12,13);1,5H,2-4H3;1-3H/q;;+1;/b7-5+;4-2+;;. The molecule has 0 bridgehead atoms. The van der Waals surface area contributed by atoms with Gasteiger partial charge in [0.05, 0.1) is 6.58 Å². The van der Waals surface area contributed by atoms with Gasteiger partial charge in [-0.3, -0.25) is 0 Å². The molecule has 3 rings (SSSR count). The number of aliphatic carboxylic acids is 1. The molecular weight excluding hydrogens is 636 g/mol. The van der Waals surface area contributed by atoms with Gasteiger partial charge in [0.25, 0.3) is 0 Å². The van der Waals surface area contributed by atoms with E-state index in [0.717, 1.165) is 54.6 Å². The molecule has 0 amide bonds. The fraction of sp³-hybridized carbons (Fsp3) is 0.250. The Labute approximate surface area is 267 Å². The normalized spacial score (nSPS) is 10.8. The van der Waals surface area contributed by atoms with Crippen molar-refractivity contribution in [1.29, 1.82) is 0 Å². The van der Waals surface area contributed by atoms with Crippen LogP contribution in [0, 0.1) is 42.3 Å². The molecule has 0 saturated heterocycles. The minimum absolute atomic E-state index is 0.0252. The molecule has 0 unspecified atom stereocenters. The minimum Gasteiger partial charge on any atom is -0.478 e. The third-order valence-corrected chi connectivity index (χ3v) is 4.12. The van der Waals surface area contributed by atoms with Crippen LogP contribution in [0.3, 0.4) is 0 Å². The van der Waals surface area contributed by atoms with Gasteiger partial charge in [0.2, 0.25) is 41.8 Å². The Morgan fingerprint density at radius 1 is 0.638 bits per heavy atom. The van der Waals surface area contributed by atoms with Crippen molar-refractivity contribution in [1.82, 2.24) is 15.0 Å². The number of hydrogen-bond acceptors (Lipinski definition) is 8. The Morgan fingerprint density at radius 3 is 1.32 bits per heavy atom. The second kappa shape index (κ2) is 19.9. The molecule has 252 valence electrons. The van der Waals surface area contributed by atoms with Gasteiger partial charge in [-0.1, -0.05) is 6.07 Å². The first-order valence-electron chi connectivity index (χ1n) is 13.1. The van der Waals surface area contributed by atoms with Gasteiger partial charge in [-0.15, -0.1) is 4.79 Å². The van der Waals surface area contributed by atoms with Crippen molar-refractivity contribution in [2.45, 2.75) is 52.7 Å². The number of halogens is 6. The van der Waals surface area contributed by atoms with Crippen molar-refractivity contribution in [2.24, 2.45) is 0 Å². The molecule has 1 N–H and O–H groups in total. The van der Waals surface area contributed by atoms with Crippen LogP contribution in [0.5, 0.6) is 0 Å². The smallest absolute Gasteiger partial charge is 0.478 e. The summed E-state index contributed by atoms with van der Waals surface area (Å²) in [4.78, 5) is 40.5. The van der Waals surface area contributed by atoms with E-state index in [2.05, 4.69) is 15.0 Å². The van der Waals surface area contributed by atoms with Crippen LogP contribution >= 0.6 is 0 Å². The predicted octanol–water partition coefficient (Wildman–Crippen LogP) is 6.85. The van der Waals surface area contributed by atoms with E-state index in [1.54, 1.807) is 41.5 Å². The molecule has 0 saturated carbocycles. The minimum atomic E-state index is -1.20. The average Bonchev–Trinajstić information content (AvgIpc) is 2.91. The maximum Gasteiger partial charge on any atom is 0.484 e. The number of carboxylic acid groups (broad SMARTS) is 1. The summed E-state index contributed by atoms with van der Waals surface area (Å²) >= 11 is 0. The van der Waals surface area contributed by atoms with E-state index < -0.39 is 64.8 Å². The molecule has 0 aromatic carbocycles. The first kappa shape index (κ1) is 41.6. The topological polar surface area (TPSA) is 129 Å². The van der Waals surface area contributed by atoms with Crippen molar-refractivity contribution in [3.05, 3.63) is 114 Å². The lowest BCUT2D eigenvalue weighted by molar-refractivity contribution is -0.149. The lowest BCUT2D eigenvalue weighted by atomic mass is 10.2. The molecule has 0 aliphatic carbocycles.